The monoisotopic (exact) mass is 290 g/mol. The first-order valence-electron chi connectivity index (χ1n) is 6.69. The van der Waals surface area contributed by atoms with Crippen LogP contribution in [0, 0.1) is 12.7 Å². The standard InChI is InChI=1S/C17H19FO3/c1-11-6-14(18)5-4-12(11)9-17(19)13-7-15(20-2)10-16(8-13)21-3/h4-8,10,17,19H,9H2,1-3H3. The highest BCUT2D eigenvalue weighted by atomic mass is 19.1. The number of halogens is 1. The van der Waals surface area contributed by atoms with Crippen molar-refractivity contribution >= 4 is 0 Å². The molecule has 1 N–H and O–H groups in total. The molecule has 0 bridgehead atoms. The maximum atomic E-state index is 13.1. The van der Waals surface area contributed by atoms with E-state index in [0.29, 0.717) is 23.5 Å². The van der Waals surface area contributed by atoms with Gasteiger partial charge in [0.05, 0.1) is 20.3 Å². The van der Waals surface area contributed by atoms with Crippen LogP contribution in [0.5, 0.6) is 11.5 Å². The van der Waals surface area contributed by atoms with Crippen LogP contribution in [0.2, 0.25) is 0 Å². The molecule has 0 fully saturated rings. The number of aliphatic hydroxyl groups is 1. The predicted octanol–water partition coefficient (Wildman–Crippen LogP) is 3.43. The Labute approximate surface area is 124 Å². The Hall–Kier alpha value is -2.07. The molecule has 4 heteroatoms. The van der Waals surface area contributed by atoms with E-state index >= 15 is 0 Å². The summed E-state index contributed by atoms with van der Waals surface area (Å²) in [7, 11) is 3.13. The number of aryl methyl sites for hydroxylation is 1. The summed E-state index contributed by atoms with van der Waals surface area (Å²) >= 11 is 0. The van der Waals surface area contributed by atoms with E-state index < -0.39 is 6.10 Å². The second-order valence-electron chi connectivity index (χ2n) is 4.94. The van der Waals surface area contributed by atoms with Gasteiger partial charge in [0.25, 0.3) is 0 Å². The van der Waals surface area contributed by atoms with E-state index in [1.165, 1.54) is 12.1 Å². The normalized spacial score (nSPS) is 12.0. The van der Waals surface area contributed by atoms with Gasteiger partial charge in [-0.05, 0) is 47.9 Å². The van der Waals surface area contributed by atoms with Crippen LogP contribution in [0.1, 0.15) is 22.8 Å². The molecule has 0 saturated heterocycles. The second kappa shape index (κ2) is 6.59. The minimum atomic E-state index is -0.710. The Bertz CT molecular complexity index is 603. The molecule has 0 saturated carbocycles. The first-order valence-corrected chi connectivity index (χ1v) is 6.69. The molecule has 21 heavy (non-hydrogen) atoms. The molecule has 1 unspecified atom stereocenters. The van der Waals surface area contributed by atoms with Crippen molar-refractivity contribution in [2.24, 2.45) is 0 Å². The lowest BCUT2D eigenvalue weighted by atomic mass is 9.98. The Kier molecular flexibility index (Phi) is 4.81. The van der Waals surface area contributed by atoms with Gasteiger partial charge in [-0.2, -0.15) is 0 Å². The van der Waals surface area contributed by atoms with E-state index in [9.17, 15) is 9.50 Å². The van der Waals surface area contributed by atoms with Gasteiger partial charge in [0, 0.05) is 12.5 Å². The van der Waals surface area contributed by atoms with Gasteiger partial charge in [-0.25, -0.2) is 4.39 Å². The fraction of sp³-hybridized carbons (Fsp3) is 0.294. The minimum Gasteiger partial charge on any atom is -0.497 e. The van der Waals surface area contributed by atoms with Crippen LogP contribution >= 0.6 is 0 Å². The third kappa shape index (κ3) is 3.73. The summed E-state index contributed by atoms with van der Waals surface area (Å²) in [6.07, 6.45) is -0.305. The van der Waals surface area contributed by atoms with E-state index in [-0.39, 0.29) is 5.82 Å². The lowest BCUT2D eigenvalue weighted by Crippen LogP contribution is -2.04. The van der Waals surface area contributed by atoms with Crippen LogP contribution < -0.4 is 9.47 Å². The van der Waals surface area contributed by atoms with Crippen LogP contribution in [-0.2, 0) is 6.42 Å². The van der Waals surface area contributed by atoms with E-state index in [4.69, 9.17) is 9.47 Å². The quantitative estimate of drug-likeness (QED) is 0.917. The van der Waals surface area contributed by atoms with Gasteiger partial charge < -0.3 is 14.6 Å². The number of methoxy groups -OCH3 is 2. The Balaban J connectivity index is 2.25. The second-order valence-corrected chi connectivity index (χ2v) is 4.94. The zero-order valence-electron chi connectivity index (χ0n) is 12.4. The van der Waals surface area contributed by atoms with E-state index in [2.05, 4.69) is 0 Å². The lowest BCUT2D eigenvalue weighted by molar-refractivity contribution is 0.177. The largest absolute Gasteiger partial charge is 0.497 e. The Morgan fingerprint density at radius 1 is 1.05 bits per heavy atom. The van der Waals surface area contributed by atoms with Crippen molar-refractivity contribution in [3.8, 4) is 11.5 Å². The molecule has 1 atom stereocenters. The molecule has 0 heterocycles. The van der Waals surface area contributed by atoms with Crippen molar-refractivity contribution in [2.45, 2.75) is 19.4 Å². The average molecular weight is 290 g/mol. The van der Waals surface area contributed by atoms with Gasteiger partial charge in [-0.3, -0.25) is 0 Å². The molecule has 2 aromatic rings. The summed E-state index contributed by atoms with van der Waals surface area (Å²) in [6, 6.07) is 9.86. The first-order chi connectivity index (χ1) is 10.0. The molecule has 2 aromatic carbocycles. The summed E-state index contributed by atoms with van der Waals surface area (Å²) in [6.45, 7) is 1.83. The van der Waals surface area contributed by atoms with Gasteiger partial charge in [0.1, 0.15) is 17.3 Å². The van der Waals surface area contributed by atoms with Crippen molar-refractivity contribution in [3.05, 3.63) is 58.9 Å². The van der Waals surface area contributed by atoms with Crippen molar-refractivity contribution in [3.63, 3.8) is 0 Å². The van der Waals surface area contributed by atoms with Gasteiger partial charge in [0.15, 0.2) is 0 Å². The highest BCUT2D eigenvalue weighted by molar-refractivity contribution is 5.40. The molecular formula is C17H19FO3. The van der Waals surface area contributed by atoms with Crippen molar-refractivity contribution in [2.75, 3.05) is 14.2 Å². The molecule has 112 valence electrons. The summed E-state index contributed by atoms with van der Waals surface area (Å²) in [5, 5.41) is 10.4. The van der Waals surface area contributed by atoms with Crippen LogP contribution in [0.25, 0.3) is 0 Å². The number of rotatable bonds is 5. The minimum absolute atomic E-state index is 0.270. The summed E-state index contributed by atoms with van der Waals surface area (Å²) in [4.78, 5) is 0. The van der Waals surface area contributed by atoms with Crippen molar-refractivity contribution in [1.29, 1.82) is 0 Å². The maximum absolute atomic E-state index is 13.1. The first kappa shape index (κ1) is 15.3. The summed E-state index contributed by atoms with van der Waals surface area (Å²) < 4.78 is 23.5. The number of ether oxygens (including phenoxy) is 2. The van der Waals surface area contributed by atoms with Crippen LogP contribution in [0.4, 0.5) is 4.39 Å². The number of hydrogen-bond acceptors (Lipinski definition) is 3. The average Bonchev–Trinajstić information content (AvgIpc) is 2.49. The van der Waals surface area contributed by atoms with Gasteiger partial charge in [-0.15, -0.1) is 0 Å². The molecule has 0 aliphatic carbocycles. The molecule has 0 aromatic heterocycles. The maximum Gasteiger partial charge on any atom is 0.123 e. The highest BCUT2D eigenvalue weighted by Crippen LogP contribution is 2.28. The fourth-order valence-corrected chi connectivity index (χ4v) is 2.24. The SMILES string of the molecule is COc1cc(OC)cc(C(O)Cc2ccc(F)cc2C)c1. The van der Waals surface area contributed by atoms with Crippen molar-refractivity contribution in [1.82, 2.24) is 0 Å². The number of aliphatic hydroxyl groups excluding tert-OH is 1. The number of hydrogen-bond donors (Lipinski definition) is 1. The lowest BCUT2D eigenvalue weighted by Gasteiger charge is -2.15. The van der Waals surface area contributed by atoms with Gasteiger partial charge >= 0.3 is 0 Å². The third-order valence-electron chi connectivity index (χ3n) is 3.48. The Morgan fingerprint density at radius 3 is 2.19 bits per heavy atom. The van der Waals surface area contributed by atoms with E-state index in [0.717, 1.165) is 11.1 Å². The smallest absolute Gasteiger partial charge is 0.123 e. The number of benzene rings is 2. The van der Waals surface area contributed by atoms with Crippen LogP contribution in [-0.4, -0.2) is 19.3 Å². The van der Waals surface area contributed by atoms with Gasteiger partial charge in [-0.1, -0.05) is 6.07 Å². The molecule has 3 nitrogen and oxygen atoms in total. The summed E-state index contributed by atoms with van der Waals surface area (Å²) in [5.41, 5.74) is 2.43. The topological polar surface area (TPSA) is 38.7 Å². The molecule has 0 radical (unpaired) electrons. The van der Waals surface area contributed by atoms with Crippen LogP contribution in [0.3, 0.4) is 0 Å². The molecule has 0 amide bonds. The van der Waals surface area contributed by atoms with E-state index in [1.54, 1.807) is 38.5 Å². The van der Waals surface area contributed by atoms with Crippen LogP contribution in [0.15, 0.2) is 36.4 Å². The van der Waals surface area contributed by atoms with E-state index in [1.807, 2.05) is 6.92 Å². The summed E-state index contributed by atoms with van der Waals surface area (Å²) in [5.74, 6) is 0.979. The molecular weight excluding hydrogens is 271 g/mol. The third-order valence-corrected chi connectivity index (χ3v) is 3.48. The Morgan fingerprint density at radius 2 is 1.67 bits per heavy atom. The molecule has 0 spiro atoms. The highest BCUT2D eigenvalue weighted by Gasteiger charge is 2.13. The zero-order valence-corrected chi connectivity index (χ0v) is 12.4. The van der Waals surface area contributed by atoms with Gasteiger partial charge in [0.2, 0.25) is 0 Å². The molecule has 2 rings (SSSR count). The predicted molar refractivity (Wildman–Crippen MR) is 79.3 cm³/mol. The molecule has 0 aliphatic rings. The fourth-order valence-electron chi connectivity index (χ4n) is 2.24. The zero-order chi connectivity index (χ0) is 15.4. The molecule has 0 aliphatic heterocycles. The van der Waals surface area contributed by atoms with Crippen molar-refractivity contribution < 1.29 is 19.0 Å².